The summed E-state index contributed by atoms with van der Waals surface area (Å²) < 4.78 is 6.70. The maximum absolute atomic E-state index is 13.9. The van der Waals surface area contributed by atoms with Gasteiger partial charge in [-0.05, 0) is 68.3 Å². The van der Waals surface area contributed by atoms with Crippen LogP contribution in [0.4, 0.5) is 0 Å². The van der Waals surface area contributed by atoms with Crippen LogP contribution in [0.1, 0.15) is 96.1 Å². The van der Waals surface area contributed by atoms with Gasteiger partial charge in [-0.15, -0.1) is 11.3 Å². The fourth-order valence-electron chi connectivity index (χ4n) is 5.67. The van der Waals surface area contributed by atoms with Gasteiger partial charge in [0.05, 0.1) is 21.1 Å². The Morgan fingerprint density at radius 3 is 2.48 bits per heavy atom. The predicted molar refractivity (Wildman–Crippen MR) is 172 cm³/mol. The number of fused-ring (bicyclic) bond motifs is 1. The van der Waals surface area contributed by atoms with E-state index in [1.54, 1.807) is 11.3 Å². The van der Waals surface area contributed by atoms with Gasteiger partial charge in [0.1, 0.15) is 5.78 Å². The predicted octanol–water partition coefficient (Wildman–Crippen LogP) is 6.50. The van der Waals surface area contributed by atoms with Crippen LogP contribution in [0.3, 0.4) is 0 Å². The molecule has 3 rings (SSSR count). The van der Waals surface area contributed by atoms with Gasteiger partial charge in [0, 0.05) is 57.1 Å². The molecular weight excluding hydrogens is 546 g/mol. The summed E-state index contributed by atoms with van der Waals surface area (Å²) >= 11 is 1.61. The SMILES string of the molecule is C=C(CN(CC)CC)C(=O)CC[C@@H](NC(=O)[C@@H](CC(=O)CCC)Cc1nc2ccc(C(C)C)cc2s1)C1CCOCC1. The van der Waals surface area contributed by atoms with Crippen LogP contribution in [0.5, 0.6) is 0 Å². The van der Waals surface area contributed by atoms with Crippen molar-refractivity contribution < 1.29 is 19.1 Å². The third kappa shape index (κ3) is 10.1. The van der Waals surface area contributed by atoms with Crippen molar-refractivity contribution in [3.8, 4) is 0 Å². The van der Waals surface area contributed by atoms with Gasteiger partial charge in [-0.3, -0.25) is 19.3 Å². The number of benzene rings is 1. The molecule has 1 saturated heterocycles. The van der Waals surface area contributed by atoms with Crippen LogP contribution in [0.25, 0.3) is 10.2 Å². The van der Waals surface area contributed by atoms with Crippen LogP contribution in [0.2, 0.25) is 0 Å². The number of nitrogens with one attached hydrogen (secondary N) is 1. The number of nitrogens with zero attached hydrogens (tertiary/aromatic N) is 2. The van der Waals surface area contributed by atoms with Crippen LogP contribution in [-0.2, 0) is 25.5 Å². The number of carbonyl (C=O) groups is 3. The summed E-state index contributed by atoms with van der Waals surface area (Å²) in [6, 6.07) is 6.19. The molecule has 8 heteroatoms. The summed E-state index contributed by atoms with van der Waals surface area (Å²) in [5, 5.41) is 4.18. The van der Waals surface area contributed by atoms with Crippen LogP contribution in [0.15, 0.2) is 30.4 Å². The molecule has 2 aromatic rings. The minimum atomic E-state index is -0.496. The number of ether oxygens (including phenoxy) is 1. The van der Waals surface area contributed by atoms with Gasteiger partial charge in [-0.2, -0.15) is 0 Å². The smallest absolute Gasteiger partial charge is 0.224 e. The molecule has 2 atom stereocenters. The molecule has 0 bridgehead atoms. The molecule has 0 spiro atoms. The molecule has 0 aliphatic carbocycles. The zero-order valence-corrected chi connectivity index (χ0v) is 27.2. The van der Waals surface area contributed by atoms with Crippen molar-refractivity contribution in [1.82, 2.24) is 15.2 Å². The molecule has 1 aliphatic heterocycles. The molecule has 1 N–H and O–H groups in total. The lowest BCUT2D eigenvalue weighted by molar-refractivity contribution is -0.130. The topological polar surface area (TPSA) is 88.6 Å². The van der Waals surface area contributed by atoms with Gasteiger partial charge < -0.3 is 10.1 Å². The number of thiazole rings is 1. The largest absolute Gasteiger partial charge is 0.381 e. The van der Waals surface area contributed by atoms with E-state index in [0.29, 0.717) is 56.9 Å². The molecule has 1 fully saturated rings. The van der Waals surface area contributed by atoms with Crippen molar-refractivity contribution in [2.45, 2.75) is 97.9 Å². The lowest BCUT2D eigenvalue weighted by Gasteiger charge is -2.32. The molecular formula is C34H51N3O4S. The number of likely N-dealkylation sites (N-methyl/N-ethyl adjacent to an activating group) is 1. The van der Waals surface area contributed by atoms with E-state index in [-0.39, 0.29) is 35.9 Å². The second-order valence-corrected chi connectivity index (χ2v) is 13.1. The standard InChI is InChI=1S/C34H51N3O4S/c1-7-10-28(38)19-27(21-33-35-30-12-11-26(23(4)5)20-32(30)42-33)34(40)36-29(25-15-17-41-18-16-25)13-14-31(39)24(6)22-37(8-2)9-3/h11-12,20,23,25,27,29H,6-10,13-19,21-22H2,1-5H3,(H,36,40)/t27-,29+/m0/s1. The van der Waals surface area contributed by atoms with Crippen molar-refractivity contribution in [2.75, 3.05) is 32.8 Å². The highest BCUT2D eigenvalue weighted by atomic mass is 32.1. The Hall–Kier alpha value is -2.42. The highest BCUT2D eigenvalue weighted by Gasteiger charge is 2.30. The summed E-state index contributed by atoms with van der Waals surface area (Å²) in [5.74, 6) is 0.200. The van der Waals surface area contributed by atoms with E-state index in [4.69, 9.17) is 9.72 Å². The average Bonchev–Trinajstić information content (AvgIpc) is 3.39. The average molecular weight is 598 g/mol. The number of carbonyl (C=O) groups excluding carboxylic acids is 3. The van der Waals surface area contributed by atoms with Gasteiger partial charge >= 0.3 is 0 Å². The fourth-order valence-corrected chi connectivity index (χ4v) is 6.77. The first kappa shape index (κ1) is 34.1. The van der Waals surface area contributed by atoms with E-state index in [0.717, 1.165) is 47.6 Å². The molecule has 7 nitrogen and oxygen atoms in total. The Balaban J connectivity index is 1.76. The van der Waals surface area contributed by atoms with Crippen LogP contribution >= 0.6 is 11.3 Å². The number of Topliss-reactive ketones (excluding diaryl/α,β-unsaturated/α-hetero) is 2. The van der Waals surface area contributed by atoms with Crippen molar-refractivity contribution in [3.63, 3.8) is 0 Å². The lowest BCUT2D eigenvalue weighted by atomic mass is 9.86. The Kier molecular flexibility index (Phi) is 13.8. The van der Waals surface area contributed by atoms with Gasteiger partial charge in [-0.1, -0.05) is 47.3 Å². The number of aromatic nitrogens is 1. The number of hydrogen-bond donors (Lipinski definition) is 1. The molecule has 2 heterocycles. The molecule has 0 saturated carbocycles. The second-order valence-electron chi connectivity index (χ2n) is 12.0. The maximum atomic E-state index is 13.9. The Bertz CT molecular complexity index is 1200. The lowest BCUT2D eigenvalue weighted by Crippen LogP contribution is -2.46. The summed E-state index contributed by atoms with van der Waals surface area (Å²) in [6.45, 7) is 18.2. The normalized spacial score (nSPS) is 15.7. The second kappa shape index (κ2) is 17.0. The number of hydrogen-bond acceptors (Lipinski definition) is 7. The minimum Gasteiger partial charge on any atom is -0.381 e. The first-order valence-corrected chi connectivity index (χ1v) is 16.7. The number of rotatable bonds is 18. The Morgan fingerprint density at radius 2 is 1.83 bits per heavy atom. The van der Waals surface area contributed by atoms with Crippen molar-refractivity contribution in [2.24, 2.45) is 11.8 Å². The molecule has 1 amide bonds. The molecule has 232 valence electrons. The van der Waals surface area contributed by atoms with E-state index in [2.05, 4.69) is 56.6 Å². The monoisotopic (exact) mass is 597 g/mol. The van der Waals surface area contributed by atoms with E-state index >= 15 is 0 Å². The van der Waals surface area contributed by atoms with Crippen LogP contribution < -0.4 is 5.32 Å². The van der Waals surface area contributed by atoms with Crippen LogP contribution in [-0.4, -0.2) is 66.2 Å². The van der Waals surface area contributed by atoms with Gasteiger partial charge in [0.2, 0.25) is 5.91 Å². The molecule has 1 aromatic heterocycles. The highest BCUT2D eigenvalue weighted by molar-refractivity contribution is 7.18. The van der Waals surface area contributed by atoms with E-state index in [9.17, 15) is 14.4 Å². The summed E-state index contributed by atoms with van der Waals surface area (Å²) in [5.41, 5.74) is 2.82. The number of amides is 1. The minimum absolute atomic E-state index is 0.0538. The highest BCUT2D eigenvalue weighted by Crippen LogP contribution is 2.29. The van der Waals surface area contributed by atoms with E-state index in [1.165, 1.54) is 5.56 Å². The zero-order valence-electron chi connectivity index (χ0n) is 26.4. The Morgan fingerprint density at radius 1 is 1.12 bits per heavy atom. The van der Waals surface area contributed by atoms with Crippen molar-refractivity contribution in [1.29, 1.82) is 0 Å². The fraction of sp³-hybridized carbons (Fsp3) is 0.647. The first-order valence-electron chi connectivity index (χ1n) is 15.9. The number of ketones is 2. The summed E-state index contributed by atoms with van der Waals surface area (Å²) in [7, 11) is 0. The van der Waals surface area contributed by atoms with Crippen LogP contribution in [0, 0.1) is 11.8 Å². The molecule has 1 aliphatic rings. The van der Waals surface area contributed by atoms with Crippen molar-refractivity contribution >= 4 is 39.0 Å². The maximum Gasteiger partial charge on any atom is 0.224 e. The molecule has 1 aromatic carbocycles. The van der Waals surface area contributed by atoms with E-state index in [1.807, 2.05) is 13.0 Å². The quantitative estimate of drug-likeness (QED) is 0.198. The summed E-state index contributed by atoms with van der Waals surface area (Å²) in [4.78, 5) is 46.7. The molecule has 0 unspecified atom stereocenters. The van der Waals surface area contributed by atoms with Gasteiger partial charge in [0.15, 0.2) is 5.78 Å². The first-order chi connectivity index (χ1) is 20.1. The zero-order chi connectivity index (χ0) is 30.6. The molecule has 0 radical (unpaired) electrons. The van der Waals surface area contributed by atoms with Gasteiger partial charge in [-0.25, -0.2) is 4.98 Å². The van der Waals surface area contributed by atoms with E-state index < -0.39 is 5.92 Å². The summed E-state index contributed by atoms with van der Waals surface area (Å²) in [6.07, 6.45) is 4.44. The van der Waals surface area contributed by atoms with Gasteiger partial charge in [0.25, 0.3) is 0 Å². The molecule has 42 heavy (non-hydrogen) atoms. The third-order valence-electron chi connectivity index (χ3n) is 8.47. The third-order valence-corrected chi connectivity index (χ3v) is 9.51. The Labute approximate surface area is 256 Å². The van der Waals surface area contributed by atoms with Crippen molar-refractivity contribution in [3.05, 3.63) is 40.9 Å².